The number of piperazine rings is 1. The van der Waals surface area contributed by atoms with Gasteiger partial charge in [-0.25, -0.2) is 13.4 Å². The van der Waals surface area contributed by atoms with Gasteiger partial charge in [0.25, 0.3) is 5.91 Å². The van der Waals surface area contributed by atoms with Crippen molar-refractivity contribution >= 4 is 42.6 Å². The molecule has 1 saturated heterocycles. The summed E-state index contributed by atoms with van der Waals surface area (Å²) in [6, 6.07) is 20.1. The largest absolute Gasteiger partial charge is 0.345 e. The van der Waals surface area contributed by atoms with Crippen LogP contribution in [0.2, 0.25) is 0 Å². The van der Waals surface area contributed by atoms with Crippen molar-refractivity contribution in [3.05, 3.63) is 89.0 Å². The summed E-state index contributed by atoms with van der Waals surface area (Å²) in [6.45, 7) is 9.30. The molecule has 0 saturated carbocycles. The van der Waals surface area contributed by atoms with Crippen LogP contribution in [-0.4, -0.2) is 61.2 Å². The standard InChI is InChI=1S/C29H32N4O3S2/c1-4-33(20-23-8-6-5-7-9-23)38(35,36)25-13-11-24(12-14-25)28(34)31-16-18-32(19-17-31)29-30-27-22(3)21(2)10-15-26(27)37-29/h5-15H,4,16-20H2,1-3H3. The van der Waals surface area contributed by atoms with Crippen molar-refractivity contribution in [2.24, 2.45) is 0 Å². The van der Waals surface area contributed by atoms with E-state index in [0.29, 0.717) is 44.8 Å². The number of thiazole rings is 1. The molecule has 1 aromatic heterocycles. The molecule has 0 radical (unpaired) electrons. The van der Waals surface area contributed by atoms with Gasteiger partial charge in [0.2, 0.25) is 10.0 Å². The Balaban J connectivity index is 1.24. The zero-order chi connectivity index (χ0) is 26.9. The van der Waals surface area contributed by atoms with E-state index < -0.39 is 10.0 Å². The fourth-order valence-corrected chi connectivity index (χ4v) is 7.22. The molecule has 0 bridgehead atoms. The van der Waals surface area contributed by atoms with Gasteiger partial charge in [0, 0.05) is 44.8 Å². The van der Waals surface area contributed by atoms with E-state index in [-0.39, 0.29) is 10.8 Å². The third-order valence-corrected chi connectivity index (χ3v) is 10.2. The number of hydrogen-bond acceptors (Lipinski definition) is 6. The van der Waals surface area contributed by atoms with Gasteiger partial charge >= 0.3 is 0 Å². The summed E-state index contributed by atoms with van der Waals surface area (Å²) >= 11 is 1.69. The second kappa shape index (κ2) is 10.8. The van der Waals surface area contributed by atoms with Gasteiger partial charge in [-0.05, 0) is 60.9 Å². The normalized spacial score (nSPS) is 14.4. The lowest BCUT2D eigenvalue weighted by atomic mass is 10.1. The zero-order valence-corrected chi connectivity index (χ0v) is 23.6. The van der Waals surface area contributed by atoms with E-state index in [0.717, 1.165) is 16.2 Å². The van der Waals surface area contributed by atoms with Gasteiger partial charge in [-0.2, -0.15) is 4.31 Å². The number of carbonyl (C=O) groups excluding carboxylic acids is 1. The van der Waals surface area contributed by atoms with Gasteiger partial charge in [-0.1, -0.05) is 54.7 Å². The van der Waals surface area contributed by atoms with Crippen LogP contribution in [-0.2, 0) is 16.6 Å². The Morgan fingerprint density at radius 3 is 2.29 bits per heavy atom. The second-order valence-corrected chi connectivity index (χ2v) is 12.5. The van der Waals surface area contributed by atoms with Crippen molar-refractivity contribution in [1.82, 2.24) is 14.2 Å². The van der Waals surface area contributed by atoms with Gasteiger partial charge in [-0.15, -0.1) is 0 Å². The number of carbonyl (C=O) groups is 1. The molecule has 0 N–H and O–H groups in total. The third kappa shape index (κ3) is 5.18. The number of fused-ring (bicyclic) bond motifs is 1. The monoisotopic (exact) mass is 548 g/mol. The molecular formula is C29H32N4O3S2. The molecule has 38 heavy (non-hydrogen) atoms. The van der Waals surface area contributed by atoms with Gasteiger partial charge in [-0.3, -0.25) is 4.79 Å². The summed E-state index contributed by atoms with van der Waals surface area (Å²) in [5.41, 5.74) is 4.94. The van der Waals surface area contributed by atoms with E-state index >= 15 is 0 Å². The van der Waals surface area contributed by atoms with Crippen molar-refractivity contribution in [1.29, 1.82) is 0 Å². The maximum Gasteiger partial charge on any atom is 0.253 e. The molecule has 1 fully saturated rings. The van der Waals surface area contributed by atoms with Crippen LogP contribution in [0.3, 0.4) is 0 Å². The first-order chi connectivity index (χ1) is 18.3. The van der Waals surface area contributed by atoms with Crippen molar-refractivity contribution in [3.63, 3.8) is 0 Å². The Labute approximate surface area is 228 Å². The predicted octanol–water partition coefficient (Wildman–Crippen LogP) is 5.09. The lowest BCUT2D eigenvalue weighted by Crippen LogP contribution is -2.48. The minimum atomic E-state index is -3.68. The molecule has 0 atom stereocenters. The van der Waals surface area contributed by atoms with E-state index in [4.69, 9.17) is 4.98 Å². The summed E-state index contributed by atoms with van der Waals surface area (Å²) in [4.78, 5) is 22.3. The number of amides is 1. The Morgan fingerprint density at radius 1 is 0.947 bits per heavy atom. The zero-order valence-electron chi connectivity index (χ0n) is 21.9. The van der Waals surface area contributed by atoms with Crippen molar-refractivity contribution in [3.8, 4) is 0 Å². The van der Waals surface area contributed by atoms with Gasteiger partial charge < -0.3 is 9.80 Å². The fourth-order valence-electron chi connectivity index (χ4n) is 4.71. The molecule has 4 aromatic rings. The Morgan fingerprint density at radius 2 is 1.63 bits per heavy atom. The Bertz CT molecular complexity index is 1540. The molecule has 0 spiro atoms. The van der Waals surface area contributed by atoms with Crippen molar-refractivity contribution < 1.29 is 13.2 Å². The third-order valence-electron chi connectivity index (χ3n) is 7.20. The molecule has 0 unspecified atom stereocenters. The minimum Gasteiger partial charge on any atom is -0.345 e. The van der Waals surface area contributed by atoms with Gasteiger partial charge in [0.1, 0.15) is 0 Å². The maximum absolute atomic E-state index is 13.2. The Kier molecular flexibility index (Phi) is 7.52. The molecule has 198 valence electrons. The summed E-state index contributed by atoms with van der Waals surface area (Å²) in [5, 5.41) is 0.992. The van der Waals surface area contributed by atoms with Crippen molar-refractivity contribution in [2.45, 2.75) is 32.2 Å². The van der Waals surface area contributed by atoms with Crippen LogP contribution < -0.4 is 4.90 Å². The first kappa shape index (κ1) is 26.3. The molecule has 9 heteroatoms. The number of anilines is 1. The Hall–Kier alpha value is -3.27. The van der Waals surface area contributed by atoms with E-state index in [2.05, 4.69) is 30.9 Å². The quantitative estimate of drug-likeness (QED) is 0.322. The highest BCUT2D eigenvalue weighted by atomic mass is 32.2. The highest BCUT2D eigenvalue weighted by molar-refractivity contribution is 7.89. The van der Waals surface area contributed by atoms with Crippen LogP contribution in [0.15, 0.2) is 71.6 Å². The summed E-state index contributed by atoms with van der Waals surface area (Å²) in [7, 11) is -3.68. The van der Waals surface area contributed by atoms with Gasteiger partial charge in [0.15, 0.2) is 5.13 Å². The number of hydrogen-bond donors (Lipinski definition) is 0. The molecule has 2 heterocycles. The smallest absolute Gasteiger partial charge is 0.253 e. The highest BCUT2D eigenvalue weighted by Gasteiger charge is 2.26. The van der Waals surface area contributed by atoms with Crippen molar-refractivity contribution in [2.75, 3.05) is 37.6 Å². The molecule has 7 nitrogen and oxygen atoms in total. The van der Waals surface area contributed by atoms with Crippen LogP contribution >= 0.6 is 11.3 Å². The van der Waals surface area contributed by atoms with E-state index in [1.54, 1.807) is 23.5 Å². The van der Waals surface area contributed by atoms with E-state index in [1.807, 2.05) is 42.2 Å². The van der Waals surface area contributed by atoms with E-state index in [9.17, 15) is 13.2 Å². The topological polar surface area (TPSA) is 73.8 Å². The van der Waals surface area contributed by atoms with Crippen LogP contribution in [0.4, 0.5) is 5.13 Å². The molecule has 0 aliphatic carbocycles. The highest BCUT2D eigenvalue weighted by Crippen LogP contribution is 2.32. The molecule has 5 rings (SSSR count). The minimum absolute atomic E-state index is 0.0824. The molecule has 1 aliphatic heterocycles. The van der Waals surface area contributed by atoms with Crippen LogP contribution in [0.25, 0.3) is 10.2 Å². The molecule has 3 aromatic carbocycles. The summed E-state index contributed by atoms with van der Waals surface area (Å²) < 4.78 is 29.1. The molecular weight excluding hydrogens is 516 g/mol. The number of aromatic nitrogens is 1. The number of nitrogens with zero attached hydrogens (tertiary/aromatic N) is 4. The fraction of sp³-hybridized carbons (Fsp3) is 0.310. The average Bonchev–Trinajstić information content (AvgIpc) is 3.39. The van der Waals surface area contributed by atoms with Crippen LogP contribution in [0, 0.1) is 13.8 Å². The molecule has 1 amide bonds. The van der Waals surface area contributed by atoms with E-state index in [1.165, 1.54) is 32.3 Å². The summed E-state index contributed by atoms with van der Waals surface area (Å²) in [5.74, 6) is -0.0824. The SMILES string of the molecule is CCN(Cc1ccccc1)S(=O)(=O)c1ccc(C(=O)N2CCN(c3nc4c(C)c(C)ccc4s3)CC2)cc1. The first-order valence-corrected chi connectivity index (χ1v) is 15.1. The first-order valence-electron chi connectivity index (χ1n) is 12.8. The van der Waals surface area contributed by atoms with Gasteiger partial charge in [0.05, 0.1) is 15.1 Å². The van der Waals surface area contributed by atoms with Crippen LogP contribution in [0.5, 0.6) is 0 Å². The number of aryl methyl sites for hydroxylation is 2. The van der Waals surface area contributed by atoms with Crippen LogP contribution in [0.1, 0.15) is 34.0 Å². The predicted molar refractivity (Wildman–Crippen MR) is 153 cm³/mol. The average molecular weight is 549 g/mol. The number of sulfonamides is 1. The lowest BCUT2D eigenvalue weighted by Gasteiger charge is -2.34. The summed E-state index contributed by atoms with van der Waals surface area (Å²) in [6.07, 6.45) is 0. The maximum atomic E-state index is 13.2. The number of rotatable bonds is 7. The lowest BCUT2D eigenvalue weighted by molar-refractivity contribution is 0.0746. The molecule has 1 aliphatic rings. The number of benzene rings is 3. The second-order valence-electron chi connectivity index (χ2n) is 9.57.